The Labute approximate surface area is 95.4 Å². The lowest BCUT2D eigenvalue weighted by Gasteiger charge is -2.13. The predicted molar refractivity (Wildman–Crippen MR) is 58.9 cm³/mol. The van der Waals surface area contributed by atoms with E-state index in [0.717, 1.165) is 0 Å². The quantitative estimate of drug-likeness (QED) is 0.742. The SMILES string of the molecule is O=C1CC(O)=Cc2oc3cc(=O)ccc-3nc21. The third kappa shape index (κ3) is 1.52. The second kappa shape index (κ2) is 3.28. The number of nitrogens with zero attached hydrogens (tertiary/aromatic N) is 1. The third-order valence-corrected chi connectivity index (χ3v) is 2.52. The number of aromatic nitrogens is 1. The highest BCUT2D eigenvalue weighted by atomic mass is 16.3. The molecule has 0 spiro atoms. The minimum Gasteiger partial charge on any atom is -0.512 e. The van der Waals surface area contributed by atoms with Gasteiger partial charge in [0.15, 0.2) is 22.7 Å². The van der Waals surface area contributed by atoms with Crippen LogP contribution in [0.4, 0.5) is 0 Å². The molecule has 0 aromatic carbocycles. The molecule has 0 unspecified atom stereocenters. The first-order valence-corrected chi connectivity index (χ1v) is 5.01. The van der Waals surface area contributed by atoms with Gasteiger partial charge in [-0.2, -0.15) is 0 Å². The number of aliphatic hydroxyl groups is 1. The van der Waals surface area contributed by atoms with Crippen molar-refractivity contribution in [1.82, 2.24) is 4.98 Å². The van der Waals surface area contributed by atoms with Crippen molar-refractivity contribution in [3.8, 4) is 11.5 Å². The second-order valence-electron chi connectivity index (χ2n) is 3.79. The van der Waals surface area contributed by atoms with E-state index in [4.69, 9.17) is 4.42 Å². The molecular formula is C12H7NO4. The molecule has 1 N–H and O–H groups in total. The van der Waals surface area contributed by atoms with Crippen LogP contribution >= 0.6 is 0 Å². The number of allylic oxidation sites excluding steroid dienone is 1. The topological polar surface area (TPSA) is 80.4 Å². The zero-order valence-electron chi connectivity index (χ0n) is 8.64. The molecule has 0 amide bonds. The lowest BCUT2D eigenvalue weighted by molar-refractivity contribution is 0.0970. The molecule has 5 nitrogen and oxygen atoms in total. The Morgan fingerprint density at radius 1 is 1.29 bits per heavy atom. The molecule has 0 aromatic heterocycles. The highest BCUT2D eigenvalue weighted by Gasteiger charge is 2.24. The molecular weight excluding hydrogens is 222 g/mol. The molecule has 1 aliphatic heterocycles. The molecule has 5 heteroatoms. The smallest absolute Gasteiger partial charge is 0.192 e. The molecule has 3 aliphatic rings. The summed E-state index contributed by atoms with van der Waals surface area (Å²) in [7, 11) is 0. The number of hydrogen-bond donors (Lipinski definition) is 1. The summed E-state index contributed by atoms with van der Waals surface area (Å²) in [5.74, 6) is 0.134. The van der Waals surface area contributed by atoms with Crippen LogP contribution in [0, 0.1) is 0 Å². The van der Waals surface area contributed by atoms with Gasteiger partial charge in [0.1, 0.15) is 17.1 Å². The molecule has 0 radical (unpaired) electrons. The molecule has 2 aliphatic carbocycles. The number of carbonyl (C=O) groups excluding carboxylic acids is 1. The van der Waals surface area contributed by atoms with Crippen molar-refractivity contribution < 1.29 is 14.3 Å². The Bertz CT molecular complexity index is 683. The number of rotatable bonds is 0. The molecule has 1 heterocycles. The Hall–Kier alpha value is -2.43. The van der Waals surface area contributed by atoms with Gasteiger partial charge in [0.25, 0.3) is 0 Å². The average Bonchev–Trinajstić information content (AvgIpc) is 2.26. The predicted octanol–water partition coefficient (Wildman–Crippen LogP) is 1.62. The molecule has 84 valence electrons. The summed E-state index contributed by atoms with van der Waals surface area (Å²) < 4.78 is 5.39. The Balaban J connectivity index is 2.35. The maximum absolute atomic E-state index is 11.6. The fraction of sp³-hybridized carbons (Fsp3) is 0.0833. The third-order valence-electron chi connectivity index (χ3n) is 2.52. The van der Waals surface area contributed by atoms with Crippen LogP contribution in [0.2, 0.25) is 0 Å². The number of hydrogen-bond acceptors (Lipinski definition) is 5. The fourth-order valence-corrected chi connectivity index (χ4v) is 1.76. The minimum atomic E-state index is -0.295. The summed E-state index contributed by atoms with van der Waals surface area (Å²) in [4.78, 5) is 26.9. The van der Waals surface area contributed by atoms with Gasteiger partial charge in [-0.25, -0.2) is 4.98 Å². The number of aliphatic hydroxyl groups excluding tert-OH is 1. The Morgan fingerprint density at radius 2 is 2.12 bits per heavy atom. The minimum absolute atomic E-state index is 0.0642. The van der Waals surface area contributed by atoms with Crippen molar-refractivity contribution in [2.45, 2.75) is 6.42 Å². The number of benzene rings is 1. The van der Waals surface area contributed by atoms with Crippen molar-refractivity contribution in [1.29, 1.82) is 0 Å². The van der Waals surface area contributed by atoms with Gasteiger partial charge in [-0.3, -0.25) is 9.59 Å². The summed E-state index contributed by atoms with van der Waals surface area (Å²) in [6, 6.07) is 4.16. The van der Waals surface area contributed by atoms with E-state index >= 15 is 0 Å². The van der Waals surface area contributed by atoms with Gasteiger partial charge >= 0.3 is 0 Å². The highest BCUT2D eigenvalue weighted by Crippen LogP contribution is 2.27. The van der Waals surface area contributed by atoms with Crippen LogP contribution in [-0.2, 0) is 0 Å². The number of carbonyl (C=O) groups is 1. The zero-order chi connectivity index (χ0) is 12.0. The molecule has 0 atom stereocenters. The number of Topliss-reactive ketones (excluding diaryl/α,β-unsaturated/α-hetero) is 1. The van der Waals surface area contributed by atoms with Gasteiger partial charge in [-0.05, 0) is 12.1 Å². The highest BCUT2D eigenvalue weighted by molar-refractivity contribution is 6.01. The van der Waals surface area contributed by atoms with Gasteiger partial charge < -0.3 is 9.52 Å². The van der Waals surface area contributed by atoms with Crippen LogP contribution in [0.3, 0.4) is 0 Å². The lowest BCUT2D eigenvalue weighted by Crippen LogP contribution is -2.12. The van der Waals surface area contributed by atoms with E-state index in [9.17, 15) is 14.7 Å². The summed E-state index contributed by atoms with van der Waals surface area (Å²) in [5, 5.41) is 9.34. The van der Waals surface area contributed by atoms with Gasteiger partial charge in [0.2, 0.25) is 0 Å². The van der Waals surface area contributed by atoms with Crippen molar-refractivity contribution in [2.24, 2.45) is 0 Å². The molecule has 17 heavy (non-hydrogen) atoms. The van der Waals surface area contributed by atoms with E-state index in [1.54, 1.807) is 0 Å². The average molecular weight is 229 g/mol. The molecule has 0 fully saturated rings. The molecule has 3 rings (SSSR count). The van der Waals surface area contributed by atoms with E-state index in [1.807, 2.05) is 0 Å². The second-order valence-corrected chi connectivity index (χ2v) is 3.79. The van der Waals surface area contributed by atoms with E-state index in [2.05, 4.69) is 4.98 Å². The van der Waals surface area contributed by atoms with Crippen LogP contribution in [0.15, 0.2) is 33.2 Å². The Kier molecular flexibility index (Phi) is 1.89. The van der Waals surface area contributed by atoms with Gasteiger partial charge in [0, 0.05) is 12.1 Å². The molecule has 0 saturated carbocycles. The molecule has 0 bridgehead atoms. The van der Waals surface area contributed by atoms with Crippen LogP contribution in [0.1, 0.15) is 22.7 Å². The monoisotopic (exact) mass is 229 g/mol. The number of fused-ring (bicyclic) bond motifs is 2. The van der Waals surface area contributed by atoms with Crippen LogP contribution < -0.4 is 5.43 Å². The van der Waals surface area contributed by atoms with Crippen molar-refractivity contribution >= 4 is 11.9 Å². The zero-order valence-corrected chi connectivity index (χ0v) is 8.64. The van der Waals surface area contributed by atoms with Gasteiger partial charge in [0.05, 0.1) is 6.42 Å². The normalized spacial score (nSPS) is 14.6. The first-order valence-electron chi connectivity index (χ1n) is 5.01. The summed E-state index contributed by atoms with van der Waals surface area (Å²) in [6.07, 6.45) is 1.28. The van der Waals surface area contributed by atoms with Crippen LogP contribution in [0.25, 0.3) is 17.5 Å². The van der Waals surface area contributed by atoms with Gasteiger partial charge in [-0.15, -0.1) is 0 Å². The lowest BCUT2D eigenvalue weighted by atomic mass is 10.0. The fourth-order valence-electron chi connectivity index (χ4n) is 1.76. The van der Waals surface area contributed by atoms with Crippen LogP contribution in [0.5, 0.6) is 0 Å². The van der Waals surface area contributed by atoms with Crippen molar-refractivity contribution in [3.05, 3.63) is 45.6 Å². The van der Waals surface area contributed by atoms with Gasteiger partial charge in [-0.1, -0.05) is 0 Å². The van der Waals surface area contributed by atoms with Crippen molar-refractivity contribution in [2.75, 3.05) is 0 Å². The van der Waals surface area contributed by atoms with E-state index in [1.165, 1.54) is 24.3 Å². The van der Waals surface area contributed by atoms with E-state index in [0.29, 0.717) is 11.5 Å². The van der Waals surface area contributed by atoms with Crippen LogP contribution in [-0.4, -0.2) is 15.9 Å². The summed E-state index contributed by atoms with van der Waals surface area (Å²) in [5.41, 5.74) is 0.443. The van der Waals surface area contributed by atoms with Crippen molar-refractivity contribution in [3.63, 3.8) is 0 Å². The first-order chi connectivity index (χ1) is 8.13. The Morgan fingerprint density at radius 3 is 2.94 bits per heavy atom. The standard InChI is InChI=1S/C12H7NO4/c14-6-1-2-8-10(4-6)17-11-5-7(15)3-9(16)12(11)13-8/h1-2,4-5,15H,3H2. The maximum Gasteiger partial charge on any atom is 0.192 e. The number of ketones is 1. The van der Waals surface area contributed by atoms with E-state index < -0.39 is 0 Å². The molecule has 0 saturated heterocycles. The summed E-state index contributed by atoms with van der Waals surface area (Å²) >= 11 is 0. The molecule has 0 aromatic rings. The largest absolute Gasteiger partial charge is 0.512 e. The van der Waals surface area contributed by atoms with E-state index in [-0.39, 0.29) is 34.8 Å². The summed E-state index contributed by atoms with van der Waals surface area (Å²) in [6.45, 7) is 0. The first kappa shape index (κ1) is 9.77. The maximum atomic E-state index is 11.6.